The van der Waals surface area contributed by atoms with Gasteiger partial charge in [0.25, 0.3) is 10.0 Å². The smallest absolute Gasteiger partial charge is 0.261 e. The Balaban J connectivity index is 1.91. The fourth-order valence-electron chi connectivity index (χ4n) is 2.53. The van der Waals surface area contributed by atoms with E-state index < -0.39 is 10.0 Å². The highest BCUT2D eigenvalue weighted by molar-refractivity contribution is 7.92. The second-order valence-electron chi connectivity index (χ2n) is 5.40. The van der Waals surface area contributed by atoms with Gasteiger partial charge in [-0.1, -0.05) is 12.1 Å². The van der Waals surface area contributed by atoms with Crippen molar-refractivity contribution in [3.63, 3.8) is 0 Å². The number of sulfonamides is 1. The molecule has 0 aliphatic carbocycles. The van der Waals surface area contributed by atoms with Crippen molar-refractivity contribution in [2.75, 3.05) is 16.7 Å². The van der Waals surface area contributed by atoms with Crippen LogP contribution in [0.5, 0.6) is 0 Å². The molecular weight excluding hydrogens is 300 g/mol. The van der Waals surface area contributed by atoms with Crippen LogP contribution in [0.25, 0.3) is 0 Å². The van der Waals surface area contributed by atoms with Crippen molar-refractivity contribution in [3.05, 3.63) is 53.6 Å². The van der Waals surface area contributed by atoms with Gasteiger partial charge in [0.15, 0.2) is 0 Å². The molecule has 1 amide bonds. The molecule has 1 heterocycles. The van der Waals surface area contributed by atoms with Crippen LogP contribution >= 0.6 is 0 Å². The van der Waals surface area contributed by atoms with E-state index in [4.69, 9.17) is 0 Å². The summed E-state index contributed by atoms with van der Waals surface area (Å²) in [4.78, 5) is 13.5. The third-order valence-electron chi connectivity index (χ3n) is 3.71. The molecule has 0 fully saturated rings. The van der Waals surface area contributed by atoms with Gasteiger partial charge in [0.2, 0.25) is 5.91 Å². The summed E-state index contributed by atoms with van der Waals surface area (Å²) >= 11 is 0. The Labute approximate surface area is 129 Å². The molecule has 0 bridgehead atoms. The molecule has 0 aromatic heterocycles. The molecule has 0 saturated carbocycles. The number of benzene rings is 2. The molecule has 6 heteroatoms. The summed E-state index contributed by atoms with van der Waals surface area (Å²) in [5, 5.41) is 0. The lowest BCUT2D eigenvalue weighted by molar-refractivity contribution is -0.117. The second-order valence-corrected chi connectivity index (χ2v) is 7.08. The number of fused-ring (bicyclic) bond motifs is 1. The average molecular weight is 316 g/mol. The maximum atomic E-state index is 12.4. The number of carbonyl (C=O) groups excluding carboxylic acids is 1. The Hall–Kier alpha value is -2.34. The van der Waals surface area contributed by atoms with Gasteiger partial charge in [0.05, 0.1) is 11.3 Å². The summed E-state index contributed by atoms with van der Waals surface area (Å²) in [7, 11) is -1.92. The Morgan fingerprint density at radius 1 is 1.14 bits per heavy atom. The normalized spacial score (nSPS) is 14.1. The molecule has 0 saturated heterocycles. The molecule has 2 aromatic carbocycles. The van der Waals surface area contributed by atoms with E-state index in [1.165, 1.54) is 0 Å². The largest absolute Gasteiger partial charge is 0.315 e. The van der Waals surface area contributed by atoms with Gasteiger partial charge in [0, 0.05) is 18.4 Å². The van der Waals surface area contributed by atoms with Gasteiger partial charge in [0.1, 0.15) is 0 Å². The van der Waals surface area contributed by atoms with Gasteiger partial charge < -0.3 is 4.90 Å². The minimum absolute atomic E-state index is 0.00805. The van der Waals surface area contributed by atoms with E-state index in [9.17, 15) is 13.2 Å². The average Bonchev–Trinajstić information content (AvgIpc) is 2.73. The molecule has 0 unspecified atom stereocenters. The van der Waals surface area contributed by atoms with Crippen molar-refractivity contribution in [3.8, 4) is 0 Å². The van der Waals surface area contributed by atoms with Crippen LogP contribution in [0.2, 0.25) is 0 Å². The lowest BCUT2D eigenvalue weighted by Crippen LogP contribution is -2.20. The number of amides is 1. The number of rotatable bonds is 3. The first-order valence-corrected chi connectivity index (χ1v) is 8.34. The molecule has 22 heavy (non-hydrogen) atoms. The number of aryl methyl sites for hydroxylation is 1. The molecule has 2 aromatic rings. The van der Waals surface area contributed by atoms with E-state index in [0.29, 0.717) is 12.1 Å². The number of hydrogen-bond acceptors (Lipinski definition) is 3. The Bertz CT molecular complexity index is 859. The zero-order valence-electron chi connectivity index (χ0n) is 12.3. The maximum absolute atomic E-state index is 12.4. The molecule has 114 valence electrons. The Morgan fingerprint density at radius 3 is 2.64 bits per heavy atom. The molecule has 1 aliphatic heterocycles. The van der Waals surface area contributed by atoms with Crippen LogP contribution in [-0.2, 0) is 21.2 Å². The highest BCUT2D eigenvalue weighted by atomic mass is 32.2. The molecule has 0 spiro atoms. The molecule has 5 nitrogen and oxygen atoms in total. The van der Waals surface area contributed by atoms with Gasteiger partial charge in [-0.05, 0) is 48.4 Å². The molecule has 1 aliphatic rings. The Kier molecular flexibility index (Phi) is 3.41. The van der Waals surface area contributed by atoms with Crippen LogP contribution in [0, 0.1) is 6.92 Å². The van der Waals surface area contributed by atoms with Gasteiger partial charge in [-0.2, -0.15) is 0 Å². The van der Waals surface area contributed by atoms with Crippen molar-refractivity contribution in [2.24, 2.45) is 0 Å². The number of nitrogens with one attached hydrogen (secondary N) is 1. The highest BCUT2D eigenvalue weighted by Crippen LogP contribution is 2.30. The van der Waals surface area contributed by atoms with E-state index in [0.717, 1.165) is 16.8 Å². The highest BCUT2D eigenvalue weighted by Gasteiger charge is 2.24. The summed E-state index contributed by atoms with van der Waals surface area (Å²) in [6, 6.07) is 11.9. The van der Waals surface area contributed by atoms with Crippen molar-refractivity contribution in [1.82, 2.24) is 0 Å². The predicted octanol–water partition coefficient (Wildman–Crippen LogP) is 2.31. The number of hydrogen-bond donors (Lipinski definition) is 1. The van der Waals surface area contributed by atoms with Crippen molar-refractivity contribution in [1.29, 1.82) is 0 Å². The van der Waals surface area contributed by atoms with E-state index in [1.807, 2.05) is 13.0 Å². The van der Waals surface area contributed by atoms with Crippen molar-refractivity contribution < 1.29 is 13.2 Å². The number of anilines is 2. The summed E-state index contributed by atoms with van der Waals surface area (Å²) in [5.41, 5.74) is 2.99. The minimum atomic E-state index is -3.63. The summed E-state index contributed by atoms with van der Waals surface area (Å²) in [6.07, 6.45) is 0.297. The molecule has 1 N–H and O–H groups in total. The first-order valence-electron chi connectivity index (χ1n) is 6.86. The first kappa shape index (κ1) is 14.6. The van der Waals surface area contributed by atoms with Crippen LogP contribution in [0.1, 0.15) is 11.1 Å². The minimum Gasteiger partial charge on any atom is -0.315 e. The van der Waals surface area contributed by atoms with E-state index in [2.05, 4.69) is 4.72 Å². The lowest BCUT2D eigenvalue weighted by Gasteiger charge is -2.12. The quantitative estimate of drug-likeness (QED) is 0.945. The van der Waals surface area contributed by atoms with E-state index in [1.54, 1.807) is 48.3 Å². The molecule has 0 radical (unpaired) electrons. The summed E-state index contributed by atoms with van der Waals surface area (Å²) in [5.74, 6) is 0.00805. The second kappa shape index (κ2) is 5.14. The number of likely N-dealkylation sites (N-methyl/N-ethyl adjacent to an activating group) is 1. The fourth-order valence-corrected chi connectivity index (χ4v) is 3.68. The van der Waals surface area contributed by atoms with E-state index in [-0.39, 0.29) is 10.8 Å². The van der Waals surface area contributed by atoms with Crippen LogP contribution in [0.15, 0.2) is 47.4 Å². The van der Waals surface area contributed by atoms with Gasteiger partial charge in [-0.15, -0.1) is 0 Å². The van der Waals surface area contributed by atoms with Crippen molar-refractivity contribution >= 4 is 27.3 Å². The monoisotopic (exact) mass is 316 g/mol. The van der Waals surface area contributed by atoms with Gasteiger partial charge >= 0.3 is 0 Å². The predicted molar refractivity (Wildman–Crippen MR) is 85.5 cm³/mol. The van der Waals surface area contributed by atoms with E-state index >= 15 is 0 Å². The van der Waals surface area contributed by atoms with Gasteiger partial charge in [-0.3, -0.25) is 9.52 Å². The van der Waals surface area contributed by atoms with Crippen LogP contribution in [0.4, 0.5) is 11.4 Å². The maximum Gasteiger partial charge on any atom is 0.261 e. The third-order valence-corrected chi connectivity index (χ3v) is 5.09. The SMILES string of the molecule is Cc1cccc(S(=O)(=O)Nc2ccc3c(c2)CC(=O)N3C)c1. The zero-order valence-corrected chi connectivity index (χ0v) is 13.1. The molecular formula is C16H16N2O3S. The summed E-state index contributed by atoms with van der Waals surface area (Å²) in [6.45, 7) is 1.84. The zero-order chi connectivity index (χ0) is 15.9. The Morgan fingerprint density at radius 2 is 1.91 bits per heavy atom. The van der Waals surface area contributed by atoms with Crippen LogP contribution in [0.3, 0.4) is 0 Å². The number of nitrogens with zero attached hydrogens (tertiary/aromatic N) is 1. The van der Waals surface area contributed by atoms with Crippen LogP contribution in [-0.4, -0.2) is 21.4 Å². The fraction of sp³-hybridized carbons (Fsp3) is 0.188. The van der Waals surface area contributed by atoms with Gasteiger partial charge in [-0.25, -0.2) is 8.42 Å². The first-order chi connectivity index (χ1) is 10.4. The lowest BCUT2D eigenvalue weighted by atomic mass is 10.1. The molecule has 0 atom stereocenters. The standard InChI is InChI=1S/C16H16N2O3S/c1-11-4-3-5-14(8-11)22(20,21)17-13-6-7-15-12(9-13)10-16(19)18(15)2/h3-9,17H,10H2,1-2H3. The van der Waals surface area contributed by atoms with Crippen molar-refractivity contribution in [2.45, 2.75) is 18.2 Å². The summed E-state index contributed by atoms with van der Waals surface area (Å²) < 4.78 is 27.4. The molecule has 3 rings (SSSR count). The number of carbonyl (C=O) groups is 1. The third kappa shape index (κ3) is 2.57. The van der Waals surface area contributed by atoms with Crippen LogP contribution < -0.4 is 9.62 Å². The topological polar surface area (TPSA) is 66.5 Å².